The minimum Gasteiger partial charge on any atom is -0.353 e. The molecule has 0 saturated heterocycles. The molecule has 0 fully saturated rings. The summed E-state index contributed by atoms with van der Waals surface area (Å²) in [5.41, 5.74) is 5.24. The van der Waals surface area contributed by atoms with E-state index in [1.807, 2.05) is 56.0 Å². The van der Waals surface area contributed by atoms with E-state index in [9.17, 15) is 9.59 Å². The molecule has 1 amide bonds. The lowest BCUT2D eigenvalue weighted by Crippen LogP contribution is -2.34. The highest BCUT2D eigenvalue weighted by Gasteiger charge is 2.20. The van der Waals surface area contributed by atoms with Crippen LogP contribution >= 0.6 is 11.3 Å². The van der Waals surface area contributed by atoms with Crippen LogP contribution in [0.3, 0.4) is 0 Å². The van der Waals surface area contributed by atoms with E-state index in [4.69, 9.17) is 5.10 Å². The lowest BCUT2D eigenvalue weighted by atomic mass is 10.0. The van der Waals surface area contributed by atoms with E-state index in [-0.39, 0.29) is 23.9 Å². The molecule has 8 heteroatoms. The van der Waals surface area contributed by atoms with Crippen LogP contribution in [0.5, 0.6) is 0 Å². The number of carbonyl (C=O) groups is 1. The van der Waals surface area contributed by atoms with Crippen LogP contribution in [0.4, 0.5) is 0 Å². The van der Waals surface area contributed by atoms with Gasteiger partial charge in [-0.2, -0.15) is 5.10 Å². The molecule has 0 unspecified atom stereocenters. The molecule has 1 atom stereocenters. The maximum Gasteiger partial charge on any atom is 0.268 e. The summed E-state index contributed by atoms with van der Waals surface area (Å²) in [7, 11) is 0. The van der Waals surface area contributed by atoms with Crippen molar-refractivity contribution in [3.63, 3.8) is 0 Å². The molecule has 0 radical (unpaired) electrons. The number of hydrogen-bond donors (Lipinski definition) is 1. The predicted molar refractivity (Wildman–Crippen MR) is 137 cm³/mol. The molecule has 3 heterocycles. The molecule has 0 saturated carbocycles. The van der Waals surface area contributed by atoms with Crippen molar-refractivity contribution in [2.45, 2.75) is 66.3 Å². The Hall–Kier alpha value is -3.26. The van der Waals surface area contributed by atoms with Gasteiger partial charge in [-0.25, -0.2) is 9.67 Å². The molecule has 1 N–H and O–H groups in total. The number of carbonyl (C=O) groups excluding carboxylic acids is 1. The first-order chi connectivity index (χ1) is 16.2. The highest BCUT2D eigenvalue weighted by molar-refractivity contribution is 7.15. The van der Waals surface area contributed by atoms with E-state index < -0.39 is 0 Å². The van der Waals surface area contributed by atoms with Crippen molar-refractivity contribution in [3.8, 4) is 16.9 Å². The highest BCUT2D eigenvalue weighted by Crippen LogP contribution is 2.24. The third-order valence-corrected chi connectivity index (χ3v) is 7.00. The summed E-state index contributed by atoms with van der Waals surface area (Å²) in [5.74, 6) is 0.351. The van der Waals surface area contributed by atoms with Crippen LogP contribution in [-0.2, 0) is 11.2 Å². The standard InChI is InChI=1S/C26H31N5O2S/c1-7-16(4)27-23(32)13-21-14-34-26-28-18(6)24(25(33)30(21)26)22-12-17(5)31(29-22)20-10-8-19(9-11-20)15(2)3/h8-12,14-16H,7,13H2,1-6H3,(H,27,32)/t16-/m0/s1. The Morgan fingerprint density at radius 3 is 2.50 bits per heavy atom. The van der Waals surface area contributed by atoms with Crippen LogP contribution in [0, 0.1) is 13.8 Å². The van der Waals surface area contributed by atoms with E-state index in [1.165, 1.54) is 16.9 Å². The number of fused-ring (bicyclic) bond motifs is 1. The molecule has 3 aromatic heterocycles. The summed E-state index contributed by atoms with van der Waals surface area (Å²) in [5, 5.41) is 9.57. The van der Waals surface area contributed by atoms with Crippen LogP contribution in [-0.4, -0.2) is 31.1 Å². The van der Waals surface area contributed by atoms with E-state index in [0.717, 1.165) is 17.8 Å². The van der Waals surface area contributed by atoms with E-state index in [0.29, 0.717) is 33.5 Å². The first-order valence-corrected chi connectivity index (χ1v) is 12.5. The number of hydrogen-bond acceptors (Lipinski definition) is 5. The SMILES string of the molecule is CC[C@H](C)NC(=O)Cc1csc2nc(C)c(-c3cc(C)n(-c4ccc(C(C)C)cc4)n3)c(=O)n12. The second kappa shape index (κ2) is 9.54. The van der Waals surface area contributed by atoms with Gasteiger partial charge in [-0.15, -0.1) is 11.3 Å². The molecule has 34 heavy (non-hydrogen) atoms. The predicted octanol–water partition coefficient (Wildman–Crippen LogP) is 4.81. The number of rotatable bonds is 7. The molecule has 7 nitrogen and oxygen atoms in total. The number of benzene rings is 1. The average molecular weight is 478 g/mol. The van der Waals surface area contributed by atoms with Gasteiger partial charge in [0, 0.05) is 22.8 Å². The van der Waals surface area contributed by atoms with Crippen LogP contribution in [0.25, 0.3) is 21.9 Å². The molecule has 0 aliphatic rings. The normalized spacial score (nSPS) is 12.4. The van der Waals surface area contributed by atoms with Gasteiger partial charge in [-0.3, -0.25) is 14.0 Å². The van der Waals surface area contributed by atoms with Gasteiger partial charge in [0.05, 0.1) is 23.4 Å². The number of thiazole rings is 1. The zero-order valence-corrected chi connectivity index (χ0v) is 21.4. The van der Waals surface area contributed by atoms with Crippen molar-refractivity contribution in [1.82, 2.24) is 24.5 Å². The molecule has 0 spiro atoms. The van der Waals surface area contributed by atoms with Gasteiger partial charge in [0.2, 0.25) is 5.91 Å². The van der Waals surface area contributed by atoms with Crippen LogP contribution in [0.1, 0.15) is 62.7 Å². The van der Waals surface area contributed by atoms with Gasteiger partial charge in [-0.05, 0) is 56.9 Å². The molecule has 0 aliphatic heterocycles. The van der Waals surface area contributed by atoms with Gasteiger partial charge < -0.3 is 5.32 Å². The number of aromatic nitrogens is 4. The molecule has 4 rings (SSSR count). The van der Waals surface area contributed by atoms with Crippen molar-refractivity contribution >= 4 is 22.2 Å². The summed E-state index contributed by atoms with van der Waals surface area (Å²) >= 11 is 1.37. The Kier molecular flexibility index (Phi) is 6.70. The fourth-order valence-corrected chi connectivity index (χ4v) is 4.90. The lowest BCUT2D eigenvalue weighted by Gasteiger charge is -2.11. The molecule has 4 aromatic rings. The number of aryl methyl sites for hydroxylation is 2. The van der Waals surface area contributed by atoms with Gasteiger partial charge in [-0.1, -0.05) is 32.9 Å². The summed E-state index contributed by atoms with van der Waals surface area (Å²) in [4.78, 5) is 31.3. The maximum absolute atomic E-state index is 13.6. The first-order valence-electron chi connectivity index (χ1n) is 11.7. The Morgan fingerprint density at radius 1 is 1.15 bits per heavy atom. The third kappa shape index (κ3) is 4.55. The number of amides is 1. The Balaban J connectivity index is 1.74. The van der Waals surface area contributed by atoms with Gasteiger partial charge in [0.1, 0.15) is 5.69 Å². The first kappa shape index (κ1) is 23.9. The fraction of sp³-hybridized carbons (Fsp3) is 0.385. The van der Waals surface area contributed by atoms with Crippen molar-refractivity contribution in [3.05, 3.63) is 68.7 Å². The summed E-state index contributed by atoms with van der Waals surface area (Å²) in [6.07, 6.45) is 0.979. The fourth-order valence-electron chi connectivity index (χ4n) is 3.98. The topological polar surface area (TPSA) is 81.3 Å². The van der Waals surface area contributed by atoms with E-state index in [1.54, 1.807) is 4.40 Å². The minimum atomic E-state index is -0.199. The lowest BCUT2D eigenvalue weighted by molar-refractivity contribution is -0.121. The van der Waals surface area contributed by atoms with Crippen molar-refractivity contribution in [2.75, 3.05) is 0 Å². The molecular formula is C26H31N5O2S. The molecular weight excluding hydrogens is 446 g/mol. The largest absolute Gasteiger partial charge is 0.353 e. The summed E-state index contributed by atoms with van der Waals surface area (Å²) in [6.45, 7) is 12.1. The van der Waals surface area contributed by atoms with E-state index >= 15 is 0 Å². The van der Waals surface area contributed by atoms with Crippen molar-refractivity contribution < 1.29 is 4.79 Å². The number of nitrogens with zero attached hydrogens (tertiary/aromatic N) is 4. The third-order valence-electron chi connectivity index (χ3n) is 6.13. The summed E-state index contributed by atoms with van der Waals surface area (Å²) < 4.78 is 3.40. The van der Waals surface area contributed by atoms with Crippen LogP contribution in [0.15, 0.2) is 40.5 Å². The van der Waals surface area contributed by atoms with Gasteiger partial charge in [0.25, 0.3) is 5.56 Å². The average Bonchev–Trinajstić information content (AvgIpc) is 3.36. The second-order valence-electron chi connectivity index (χ2n) is 9.10. The summed E-state index contributed by atoms with van der Waals surface area (Å²) in [6, 6.07) is 10.3. The molecule has 178 valence electrons. The highest BCUT2D eigenvalue weighted by atomic mass is 32.1. The van der Waals surface area contributed by atoms with Crippen molar-refractivity contribution in [2.24, 2.45) is 0 Å². The zero-order chi connectivity index (χ0) is 24.6. The molecule has 0 aliphatic carbocycles. The smallest absolute Gasteiger partial charge is 0.268 e. The maximum atomic E-state index is 13.6. The Bertz CT molecular complexity index is 1400. The zero-order valence-electron chi connectivity index (χ0n) is 20.5. The monoisotopic (exact) mass is 477 g/mol. The molecule has 1 aromatic carbocycles. The Morgan fingerprint density at radius 2 is 1.85 bits per heavy atom. The van der Waals surface area contributed by atoms with Crippen molar-refractivity contribution in [1.29, 1.82) is 0 Å². The second-order valence-corrected chi connectivity index (χ2v) is 9.94. The quantitative estimate of drug-likeness (QED) is 0.414. The van der Waals surface area contributed by atoms with E-state index in [2.05, 4.69) is 36.3 Å². The van der Waals surface area contributed by atoms with Gasteiger partial charge >= 0.3 is 0 Å². The van der Waals surface area contributed by atoms with Crippen LogP contribution in [0.2, 0.25) is 0 Å². The Labute approximate surface area is 203 Å². The minimum absolute atomic E-state index is 0.0894. The number of nitrogens with one attached hydrogen (secondary N) is 1. The van der Waals surface area contributed by atoms with Crippen LogP contribution < -0.4 is 10.9 Å². The molecule has 0 bridgehead atoms. The van der Waals surface area contributed by atoms with Gasteiger partial charge in [0.15, 0.2) is 4.96 Å².